The lowest BCUT2D eigenvalue weighted by Gasteiger charge is -2.24. The number of aliphatic imine (C=N–C) groups is 2. The number of guanidine groups is 2. The minimum absolute atomic E-state index is 0.0640. The van der Waals surface area contributed by atoms with Gasteiger partial charge in [-0.2, -0.15) is 0 Å². The van der Waals surface area contributed by atoms with Crippen LogP contribution in [0.4, 0.5) is 0 Å². The number of amides is 4. The quantitative estimate of drug-likeness (QED) is 0.0399. The van der Waals surface area contributed by atoms with E-state index in [-0.39, 0.29) is 50.7 Å². The van der Waals surface area contributed by atoms with E-state index < -0.39 is 72.6 Å². The van der Waals surface area contributed by atoms with Crippen LogP contribution in [0.2, 0.25) is 0 Å². The maximum atomic E-state index is 13.0. The summed E-state index contributed by atoms with van der Waals surface area (Å²) in [5, 5.41) is 25.3. The van der Waals surface area contributed by atoms with Crippen LogP contribution in [0.1, 0.15) is 38.5 Å². The number of carboxylic acids is 2. The highest BCUT2D eigenvalue weighted by Crippen LogP contribution is 2.05. The lowest BCUT2D eigenvalue weighted by atomic mass is 10.1. The number of primary amides is 1. The molecule has 0 heterocycles. The highest BCUT2D eigenvalue weighted by Gasteiger charge is 2.31. The Hall–Kier alpha value is -4.68. The molecule has 4 unspecified atom stereocenters. The van der Waals surface area contributed by atoms with Gasteiger partial charge in [-0.1, -0.05) is 0 Å². The van der Waals surface area contributed by atoms with Gasteiger partial charge >= 0.3 is 11.9 Å². The number of aliphatic carboxylic acids is 2. The SMILES string of the molecule is NC(=O)CC(N)C(=O)NC(CCCN=C(N)N)C(=O)NC(CC(=O)O)C(=O)NC(CCCN=C(N)N)C(=O)O. The third-order valence-corrected chi connectivity index (χ3v) is 4.91. The van der Waals surface area contributed by atoms with Crippen LogP contribution >= 0.6 is 0 Å². The van der Waals surface area contributed by atoms with Crippen molar-refractivity contribution in [2.24, 2.45) is 44.4 Å². The van der Waals surface area contributed by atoms with Gasteiger partial charge in [0, 0.05) is 13.1 Å². The van der Waals surface area contributed by atoms with Crippen molar-refractivity contribution in [2.45, 2.75) is 62.7 Å². The number of rotatable bonds is 19. The normalized spacial score (nSPS) is 13.5. The molecule has 4 atom stereocenters. The number of nitrogens with two attached hydrogens (primary N) is 6. The summed E-state index contributed by atoms with van der Waals surface area (Å²) in [5.74, 6) is -7.18. The van der Waals surface area contributed by atoms with E-state index in [1.807, 2.05) is 0 Å². The molecule has 0 fully saturated rings. The number of carboxylic acid groups (broad SMARTS) is 2. The van der Waals surface area contributed by atoms with Crippen molar-refractivity contribution in [3.05, 3.63) is 0 Å². The zero-order valence-electron chi connectivity index (χ0n) is 21.2. The highest BCUT2D eigenvalue weighted by atomic mass is 16.4. The van der Waals surface area contributed by atoms with Crippen molar-refractivity contribution in [3.63, 3.8) is 0 Å². The fraction of sp³-hybridized carbons (Fsp3) is 0.600. The van der Waals surface area contributed by atoms with Gasteiger partial charge in [-0.15, -0.1) is 0 Å². The lowest BCUT2D eigenvalue weighted by Crippen LogP contribution is -2.57. The van der Waals surface area contributed by atoms with Gasteiger partial charge in [-0.25, -0.2) is 4.79 Å². The predicted molar refractivity (Wildman–Crippen MR) is 137 cm³/mol. The zero-order valence-corrected chi connectivity index (χ0v) is 21.2. The second-order valence-electron chi connectivity index (χ2n) is 8.29. The molecule has 17 N–H and O–H groups in total. The Bertz CT molecular complexity index is 948. The van der Waals surface area contributed by atoms with E-state index in [9.17, 15) is 39.0 Å². The molecule has 0 bridgehead atoms. The van der Waals surface area contributed by atoms with Crippen LogP contribution in [0.3, 0.4) is 0 Å². The fourth-order valence-electron chi connectivity index (χ4n) is 3.05. The second kappa shape index (κ2) is 17.7. The summed E-state index contributed by atoms with van der Waals surface area (Å²) >= 11 is 0. The average molecular weight is 560 g/mol. The van der Waals surface area contributed by atoms with Crippen molar-refractivity contribution >= 4 is 47.5 Å². The van der Waals surface area contributed by atoms with Crippen LogP contribution in [0.5, 0.6) is 0 Å². The first kappa shape index (κ1) is 34.3. The Morgan fingerprint density at radius 2 is 1.08 bits per heavy atom. The molecule has 19 heteroatoms. The van der Waals surface area contributed by atoms with Crippen molar-refractivity contribution < 1.29 is 39.0 Å². The summed E-state index contributed by atoms with van der Waals surface area (Å²) < 4.78 is 0. The van der Waals surface area contributed by atoms with Gasteiger partial charge in [0.25, 0.3) is 0 Å². The minimum Gasteiger partial charge on any atom is -0.481 e. The topological polar surface area (TPSA) is 360 Å². The molecular formula is C20H37N11O8. The molecule has 4 amide bonds. The summed E-state index contributed by atoms with van der Waals surface area (Å²) in [6, 6.07) is -5.90. The Morgan fingerprint density at radius 1 is 0.641 bits per heavy atom. The maximum Gasteiger partial charge on any atom is 0.326 e. The molecule has 0 aromatic rings. The molecule has 220 valence electrons. The molecule has 0 aliphatic heterocycles. The van der Waals surface area contributed by atoms with Gasteiger partial charge in [0.15, 0.2) is 11.9 Å². The number of hydrogen-bond donors (Lipinski definition) is 11. The lowest BCUT2D eigenvalue weighted by molar-refractivity contribution is -0.143. The molecule has 0 radical (unpaired) electrons. The van der Waals surface area contributed by atoms with Gasteiger partial charge in [0.2, 0.25) is 23.6 Å². The molecule has 0 aromatic heterocycles. The Labute approximate surface area is 223 Å². The molecule has 0 rings (SSSR count). The average Bonchev–Trinajstić information content (AvgIpc) is 2.80. The molecule has 19 nitrogen and oxygen atoms in total. The first-order chi connectivity index (χ1) is 18.1. The third-order valence-electron chi connectivity index (χ3n) is 4.91. The van der Waals surface area contributed by atoms with E-state index in [0.717, 1.165) is 0 Å². The smallest absolute Gasteiger partial charge is 0.326 e. The van der Waals surface area contributed by atoms with Crippen molar-refractivity contribution in [2.75, 3.05) is 13.1 Å². The Morgan fingerprint density at radius 3 is 1.51 bits per heavy atom. The largest absolute Gasteiger partial charge is 0.481 e. The molecule has 0 aromatic carbocycles. The zero-order chi connectivity index (χ0) is 30.1. The van der Waals surface area contributed by atoms with Crippen LogP contribution in [0.25, 0.3) is 0 Å². The highest BCUT2D eigenvalue weighted by molar-refractivity contribution is 5.96. The molecule has 0 aliphatic carbocycles. The number of carbonyl (C=O) groups excluding carboxylic acids is 4. The monoisotopic (exact) mass is 559 g/mol. The molecule has 0 saturated heterocycles. The third kappa shape index (κ3) is 15.9. The maximum absolute atomic E-state index is 13.0. The van der Waals surface area contributed by atoms with Gasteiger partial charge < -0.3 is 60.6 Å². The van der Waals surface area contributed by atoms with E-state index >= 15 is 0 Å². The van der Waals surface area contributed by atoms with E-state index in [1.165, 1.54) is 0 Å². The van der Waals surface area contributed by atoms with Gasteiger partial charge in [-0.3, -0.25) is 34.0 Å². The molecule has 0 saturated carbocycles. The minimum atomic E-state index is -1.72. The van der Waals surface area contributed by atoms with Gasteiger partial charge in [0.05, 0.1) is 18.9 Å². The number of carbonyl (C=O) groups is 6. The summed E-state index contributed by atoms with van der Waals surface area (Å²) in [4.78, 5) is 79.5. The fourth-order valence-corrected chi connectivity index (χ4v) is 3.05. The van der Waals surface area contributed by atoms with E-state index in [1.54, 1.807) is 0 Å². The van der Waals surface area contributed by atoms with Crippen molar-refractivity contribution in [3.8, 4) is 0 Å². The van der Waals surface area contributed by atoms with Crippen LogP contribution in [-0.2, 0) is 28.8 Å². The number of nitrogens with zero attached hydrogens (tertiary/aromatic N) is 2. The standard InChI is InChI=1S/C20H37N11O8/c21-9(7-13(22)32)15(35)29-10(3-1-5-27-19(23)24)16(36)31-12(8-14(33)34)17(37)30-11(18(38)39)4-2-6-28-20(25)26/h9-12H,1-8,21H2,(H2,22,32)(H,29,35)(H,30,37)(H,31,36)(H,33,34)(H,38,39)(H4,23,24,27)(H4,25,26,28). The van der Waals surface area contributed by atoms with Crippen molar-refractivity contribution in [1.29, 1.82) is 0 Å². The van der Waals surface area contributed by atoms with Crippen LogP contribution < -0.4 is 50.4 Å². The van der Waals surface area contributed by atoms with Crippen LogP contribution in [0.15, 0.2) is 9.98 Å². The molecule has 0 spiro atoms. The van der Waals surface area contributed by atoms with Gasteiger partial charge in [-0.05, 0) is 25.7 Å². The van der Waals surface area contributed by atoms with E-state index in [0.29, 0.717) is 0 Å². The summed E-state index contributed by atoms with van der Waals surface area (Å²) in [6.07, 6.45) is -1.28. The molecule has 39 heavy (non-hydrogen) atoms. The van der Waals surface area contributed by atoms with E-state index in [2.05, 4.69) is 25.9 Å². The number of nitrogens with one attached hydrogen (secondary N) is 3. The molecule has 0 aliphatic rings. The Kier molecular flexibility index (Phi) is 15.6. The summed E-state index contributed by atoms with van der Waals surface area (Å²) in [6.45, 7) is 0.144. The first-order valence-electron chi connectivity index (χ1n) is 11.6. The second-order valence-corrected chi connectivity index (χ2v) is 8.29. The molecular weight excluding hydrogens is 522 g/mol. The summed E-state index contributed by atoms with van der Waals surface area (Å²) in [5.41, 5.74) is 31.5. The van der Waals surface area contributed by atoms with Crippen LogP contribution in [-0.4, -0.2) is 95.0 Å². The van der Waals surface area contributed by atoms with E-state index in [4.69, 9.17) is 34.4 Å². The van der Waals surface area contributed by atoms with Crippen molar-refractivity contribution in [1.82, 2.24) is 16.0 Å². The van der Waals surface area contributed by atoms with Crippen LogP contribution in [0, 0.1) is 0 Å². The predicted octanol–water partition coefficient (Wildman–Crippen LogP) is -5.69. The van der Waals surface area contributed by atoms with Gasteiger partial charge in [0.1, 0.15) is 18.1 Å². The summed E-state index contributed by atoms with van der Waals surface area (Å²) in [7, 11) is 0. The first-order valence-corrected chi connectivity index (χ1v) is 11.6. The number of hydrogen-bond acceptors (Lipinski definition) is 9. The Balaban J connectivity index is 5.63.